The Labute approximate surface area is 223 Å². The van der Waals surface area contributed by atoms with Crippen LogP contribution in [-0.4, -0.2) is 25.9 Å². The van der Waals surface area contributed by atoms with Gasteiger partial charge in [0.05, 0.1) is 19.4 Å². The predicted molar refractivity (Wildman–Crippen MR) is 155 cm³/mol. The van der Waals surface area contributed by atoms with Gasteiger partial charge in [0.25, 0.3) is 0 Å². The summed E-state index contributed by atoms with van der Waals surface area (Å²) in [6.07, 6.45) is 12.0. The summed E-state index contributed by atoms with van der Waals surface area (Å²) in [6, 6.07) is 21.8. The number of rotatable bonds is 12. The summed E-state index contributed by atoms with van der Waals surface area (Å²) >= 11 is 0. The summed E-state index contributed by atoms with van der Waals surface area (Å²) in [5.41, 5.74) is 6.54. The third-order valence-electron chi connectivity index (χ3n) is 6.42. The van der Waals surface area contributed by atoms with Crippen LogP contribution in [0.25, 0.3) is 12.2 Å². The second kappa shape index (κ2) is 14.3. The minimum atomic E-state index is -2.97. The summed E-state index contributed by atoms with van der Waals surface area (Å²) in [5, 5.41) is 0. The van der Waals surface area contributed by atoms with Gasteiger partial charge in [-0.05, 0) is 61.1 Å². The van der Waals surface area contributed by atoms with Crippen LogP contribution >= 0.6 is 7.60 Å². The summed E-state index contributed by atoms with van der Waals surface area (Å²) in [7, 11) is -2.97. The Morgan fingerprint density at radius 3 is 2.35 bits per heavy atom. The molecule has 0 saturated carbocycles. The molecule has 0 bridgehead atoms. The Balaban J connectivity index is 0.00000380. The molecule has 1 aliphatic rings. The molecule has 0 amide bonds. The van der Waals surface area contributed by atoms with Crippen molar-refractivity contribution in [2.24, 2.45) is 0 Å². The minimum absolute atomic E-state index is 0. The van der Waals surface area contributed by atoms with Crippen molar-refractivity contribution in [3.05, 3.63) is 103 Å². The van der Waals surface area contributed by atoms with Gasteiger partial charge >= 0.3 is 7.60 Å². The first kappa shape index (κ1) is 28.8. The molecule has 4 rings (SSSR count). The van der Waals surface area contributed by atoms with Crippen molar-refractivity contribution in [2.75, 3.05) is 30.8 Å². The largest absolute Gasteiger partial charge is 0.367 e. The monoisotopic (exact) mass is 520 g/mol. The number of hydrogen-bond donors (Lipinski definition) is 0. The van der Waals surface area contributed by atoms with E-state index in [1.54, 1.807) is 0 Å². The second-order valence-corrected chi connectivity index (χ2v) is 11.3. The Bertz CT molecular complexity index is 1170. The van der Waals surface area contributed by atoms with Crippen LogP contribution in [0.5, 0.6) is 0 Å². The van der Waals surface area contributed by atoms with Gasteiger partial charge in [0.2, 0.25) is 0 Å². The van der Waals surface area contributed by atoms with Crippen molar-refractivity contribution in [3.8, 4) is 0 Å². The van der Waals surface area contributed by atoms with Gasteiger partial charge in [-0.3, -0.25) is 4.57 Å². The average Bonchev–Trinajstić information content (AvgIpc) is 2.89. The lowest BCUT2D eigenvalue weighted by Gasteiger charge is -2.31. The highest BCUT2D eigenvalue weighted by atomic mass is 31.2. The lowest BCUT2D eigenvalue weighted by Crippen LogP contribution is -2.33. The van der Waals surface area contributed by atoms with E-state index in [1.165, 1.54) is 28.8 Å². The number of benzene rings is 2. The number of hydrogen-bond acceptors (Lipinski definition) is 4. The SMILES string of the molecule is CCOP(=O)(CCC[n+]1ccc(C=Cc2ccc3c(c2)CCCN3Cc2ccccc2)cc1)OCC.[CH3-]. The molecule has 2 aromatic carbocycles. The van der Waals surface area contributed by atoms with Crippen molar-refractivity contribution < 1.29 is 18.2 Å². The first-order valence-corrected chi connectivity index (χ1v) is 14.8. The molecule has 0 unspecified atom stereocenters. The van der Waals surface area contributed by atoms with Crippen LogP contribution < -0.4 is 9.47 Å². The van der Waals surface area contributed by atoms with Gasteiger partial charge in [-0.2, -0.15) is 0 Å². The Hall–Kier alpha value is -2.72. The number of anilines is 1. The first-order chi connectivity index (χ1) is 17.6. The Kier molecular flexibility index (Phi) is 11.1. The molecule has 0 radical (unpaired) electrons. The van der Waals surface area contributed by atoms with Crippen LogP contribution in [0.15, 0.2) is 73.1 Å². The molecule has 0 atom stereocenters. The van der Waals surface area contributed by atoms with Gasteiger partial charge < -0.3 is 21.4 Å². The number of aryl methyl sites for hydroxylation is 2. The average molecular weight is 521 g/mol. The molecule has 0 N–H and O–H groups in total. The van der Waals surface area contributed by atoms with E-state index in [9.17, 15) is 4.57 Å². The third kappa shape index (κ3) is 8.39. The first-order valence-electron chi connectivity index (χ1n) is 13.1. The fourth-order valence-corrected chi connectivity index (χ4v) is 6.34. The fraction of sp³-hybridized carbons (Fsp3) is 0.355. The normalized spacial score (nSPS) is 13.4. The van der Waals surface area contributed by atoms with Crippen molar-refractivity contribution in [3.63, 3.8) is 0 Å². The van der Waals surface area contributed by atoms with Gasteiger partial charge in [-0.1, -0.05) is 48.6 Å². The van der Waals surface area contributed by atoms with Crippen molar-refractivity contribution in [2.45, 2.75) is 46.2 Å². The second-order valence-electron chi connectivity index (χ2n) is 9.13. The topological polar surface area (TPSA) is 42.7 Å². The molecule has 0 fully saturated rings. The molecule has 1 aliphatic heterocycles. The molecule has 198 valence electrons. The van der Waals surface area contributed by atoms with E-state index in [0.29, 0.717) is 19.4 Å². The van der Waals surface area contributed by atoms with Crippen LogP contribution in [0, 0.1) is 7.43 Å². The van der Waals surface area contributed by atoms with Crippen LogP contribution in [0.1, 0.15) is 48.9 Å². The van der Waals surface area contributed by atoms with Crippen molar-refractivity contribution >= 4 is 25.4 Å². The zero-order valence-corrected chi connectivity index (χ0v) is 23.4. The maximum Gasteiger partial charge on any atom is 0.330 e. The van der Waals surface area contributed by atoms with E-state index >= 15 is 0 Å². The number of nitrogens with zero attached hydrogens (tertiary/aromatic N) is 2. The standard InChI is InChI=1S/C30H38N2O3P.CH3/c1-3-34-36(33,35-4-2)23-9-19-31-21-17-26(18-22-31)13-14-27-15-16-30-29(24-27)12-8-20-32(30)25-28-10-6-5-7-11-28;/h5-7,10-11,13-18,21-22,24H,3-4,8-9,12,19-20,23,25H2,1-2H3;1H3/q+1;-1. The summed E-state index contributed by atoms with van der Waals surface area (Å²) in [4.78, 5) is 2.50. The lowest BCUT2D eigenvalue weighted by atomic mass is 9.98. The molecule has 0 aliphatic carbocycles. The fourth-order valence-electron chi connectivity index (χ4n) is 4.69. The van der Waals surface area contributed by atoms with Crippen LogP contribution in [-0.2, 0) is 33.1 Å². The molecule has 1 aromatic heterocycles. The van der Waals surface area contributed by atoms with E-state index in [1.807, 2.05) is 13.8 Å². The molecular formula is C31H41N2O3P. The van der Waals surface area contributed by atoms with Gasteiger partial charge in [0.1, 0.15) is 6.54 Å². The van der Waals surface area contributed by atoms with Gasteiger partial charge in [0, 0.05) is 37.3 Å². The minimum Gasteiger partial charge on any atom is -0.367 e. The predicted octanol–water partition coefficient (Wildman–Crippen LogP) is 7.20. The molecule has 5 nitrogen and oxygen atoms in total. The molecular weight excluding hydrogens is 479 g/mol. The van der Waals surface area contributed by atoms with Crippen molar-refractivity contribution in [1.29, 1.82) is 0 Å². The quantitative estimate of drug-likeness (QED) is 0.144. The maximum absolute atomic E-state index is 12.6. The summed E-state index contributed by atoms with van der Waals surface area (Å²) in [6.45, 7) is 7.34. The highest BCUT2D eigenvalue weighted by molar-refractivity contribution is 7.53. The summed E-state index contributed by atoms with van der Waals surface area (Å²) in [5.74, 6) is 0. The molecule has 3 aromatic rings. The van der Waals surface area contributed by atoms with Crippen molar-refractivity contribution in [1.82, 2.24) is 0 Å². The molecule has 2 heterocycles. The van der Waals surface area contributed by atoms with Crippen LogP contribution in [0.4, 0.5) is 5.69 Å². The van der Waals surface area contributed by atoms with Gasteiger partial charge in [0.15, 0.2) is 12.4 Å². The highest BCUT2D eigenvalue weighted by Crippen LogP contribution is 2.48. The van der Waals surface area contributed by atoms with E-state index in [4.69, 9.17) is 9.05 Å². The molecule has 0 saturated heterocycles. The zero-order valence-electron chi connectivity index (χ0n) is 22.5. The third-order valence-corrected chi connectivity index (χ3v) is 8.59. The molecule has 6 heteroatoms. The number of fused-ring (bicyclic) bond motifs is 1. The van der Waals surface area contributed by atoms with Gasteiger partial charge in [-0.15, -0.1) is 0 Å². The van der Waals surface area contributed by atoms with Gasteiger partial charge in [-0.25, -0.2) is 4.57 Å². The van der Waals surface area contributed by atoms with E-state index in [-0.39, 0.29) is 7.43 Å². The van der Waals surface area contributed by atoms with E-state index < -0.39 is 7.60 Å². The molecule has 0 spiro atoms. The highest BCUT2D eigenvalue weighted by Gasteiger charge is 2.23. The summed E-state index contributed by atoms with van der Waals surface area (Å²) < 4.78 is 25.5. The molecule has 37 heavy (non-hydrogen) atoms. The Morgan fingerprint density at radius 2 is 1.65 bits per heavy atom. The van der Waals surface area contributed by atoms with E-state index in [0.717, 1.165) is 38.0 Å². The number of aromatic nitrogens is 1. The smallest absolute Gasteiger partial charge is 0.330 e. The lowest BCUT2D eigenvalue weighted by molar-refractivity contribution is -0.696. The Morgan fingerprint density at radius 1 is 0.946 bits per heavy atom. The maximum atomic E-state index is 12.6. The van der Waals surface area contributed by atoms with Crippen LogP contribution in [0.2, 0.25) is 0 Å². The van der Waals surface area contributed by atoms with Crippen LogP contribution in [0.3, 0.4) is 0 Å². The van der Waals surface area contributed by atoms with E-state index in [2.05, 4.69) is 94.7 Å². The zero-order chi connectivity index (χ0) is 25.2. The number of pyridine rings is 1.